The normalized spacial score (nSPS) is 11.2. The number of aryl methyl sites for hydroxylation is 4. The van der Waals surface area contributed by atoms with E-state index in [0.717, 1.165) is 32.9 Å². The Bertz CT molecular complexity index is 826. The van der Waals surface area contributed by atoms with E-state index < -0.39 is 0 Å². The van der Waals surface area contributed by atoms with E-state index in [1.807, 2.05) is 33.9 Å². The maximum absolute atomic E-state index is 12.4. The van der Waals surface area contributed by atoms with Crippen LogP contribution in [0, 0.1) is 13.8 Å². The third kappa shape index (κ3) is 2.23. The highest BCUT2D eigenvalue weighted by atomic mass is 32.1. The van der Waals surface area contributed by atoms with E-state index in [1.165, 1.54) is 0 Å². The smallest absolute Gasteiger partial charge is 0.257 e. The number of carbonyl (C=O) groups excluding carboxylic acids is 1. The molecule has 6 nitrogen and oxygen atoms in total. The third-order valence-electron chi connectivity index (χ3n) is 3.47. The van der Waals surface area contributed by atoms with E-state index in [0.29, 0.717) is 11.4 Å². The van der Waals surface area contributed by atoms with Gasteiger partial charge in [-0.2, -0.15) is 10.2 Å². The topological polar surface area (TPSA) is 75.6 Å². The van der Waals surface area contributed by atoms with Crippen LogP contribution in [0.15, 0.2) is 6.07 Å². The number of aromatic amines is 1. The van der Waals surface area contributed by atoms with Crippen LogP contribution in [-0.4, -0.2) is 25.9 Å². The summed E-state index contributed by atoms with van der Waals surface area (Å²) in [6, 6.07) is 1.91. The molecular weight excluding hydrogens is 286 g/mol. The number of fused-ring (bicyclic) bond motifs is 1. The van der Waals surface area contributed by atoms with Crippen molar-refractivity contribution in [1.29, 1.82) is 0 Å². The molecule has 0 aromatic carbocycles. The zero-order valence-electron chi connectivity index (χ0n) is 12.4. The van der Waals surface area contributed by atoms with E-state index in [9.17, 15) is 4.79 Å². The van der Waals surface area contributed by atoms with Crippen molar-refractivity contribution in [1.82, 2.24) is 20.0 Å². The minimum absolute atomic E-state index is 0.117. The second-order valence-electron chi connectivity index (χ2n) is 5.00. The lowest BCUT2D eigenvalue weighted by Crippen LogP contribution is -2.12. The molecule has 0 aliphatic carbocycles. The molecule has 0 unspecified atom stereocenters. The van der Waals surface area contributed by atoms with Gasteiger partial charge in [0.1, 0.15) is 5.82 Å². The van der Waals surface area contributed by atoms with Gasteiger partial charge in [-0.1, -0.05) is 6.92 Å². The van der Waals surface area contributed by atoms with Crippen molar-refractivity contribution >= 4 is 34.1 Å². The van der Waals surface area contributed by atoms with Gasteiger partial charge in [-0.15, -0.1) is 11.3 Å². The average Bonchev–Trinajstić information content (AvgIpc) is 3.07. The molecule has 110 valence electrons. The zero-order chi connectivity index (χ0) is 15.1. The van der Waals surface area contributed by atoms with E-state index in [4.69, 9.17) is 0 Å². The highest BCUT2D eigenvalue weighted by Crippen LogP contribution is 2.26. The zero-order valence-corrected chi connectivity index (χ0v) is 13.3. The Hall–Kier alpha value is -2.15. The number of nitrogens with one attached hydrogen (secondary N) is 2. The van der Waals surface area contributed by atoms with Gasteiger partial charge < -0.3 is 5.32 Å². The summed E-state index contributed by atoms with van der Waals surface area (Å²) >= 11 is 1.62. The monoisotopic (exact) mass is 303 g/mol. The number of anilines is 1. The number of aromatic nitrogens is 4. The van der Waals surface area contributed by atoms with Gasteiger partial charge in [0.15, 0.2) is 5.65 Å². The molecule has 0 atom stereocenters. The fourth-order valence-corrected chi connectivity index (χ4v) is 3.41. The van der Waals surface area contributed by atoms with Crippen LogP contribution in [0.25, 0.3) is 11.0 Å². The van der Waals surface area contributed by atoms with Crippen LogP contribution in [0.3, 0.4) is 0 Å². The highest BCUT2D eigenvalue weighted by Gasteiger charge is 2.19. The van der Waals surface area contributed by atoms with Crippen molar-refractivity contribution < 1.29 is 4.79 Å². The lowest BCUT2D eigenvalue weighted by molar-refractivity contribution is 0.102. The van der Waals surface area contributed by atoms with Crippen molar-refractivity contribution in [3.63, 3.8) is 0 Å². The number of hydrogen-bond donors (Lipinski definition) is 2. The summed E-state index contributed by atoms with van der Waals surface area (Å²) in [6.45, 7) is 5.99. The van der Waals surface area contributed by atoms with Crippen molar-refractivity contribution in [3.05, 3.63) is 27.1 Å². The molecule has 0 spiro atoms. The minimum Gasteiger partial charge on any atom is -0.306 e. The van der Waals surface area contributed by atoms with Crippen molar-refractivity contribution in [3.8, 4) is 0 Å². The first kappa shape index (κ1) is 13.8. The van der Waals surface area contributed by atoms with Crippen LogP contribution in [0.5, 0.6) is 0 Å². The fourth-order valence-electron chi connectivity index (χ4n) is 2.49. The van der Waals surface area contributed by atoms with Crippen LogP contribution in [0.1, 0.15) is 32.7 Å². The lowest BCUT2D eigenvalue weighted by Gasteiger charge is -2.02. The van der Waals surface area contributed by atoms with Crippen LogP contribution in [-0.2, 0) is 13.5 Å². The molecule has 1 amide bonds. The molecule has 0 bridgehead atoms. The third-order valence-corrected chi connectivity index (χ3v) is 4.44. The van der Waals surface area contributed by atoms with Gasteiger partial charge in [0.25, 0.3) is 5.91 Å². The highest BCUT2D eigenvalue weighted by molar-refractivity contribution is 7.12. The van der Waals surface area contributed by atoms with Crippen molar-refractivity contribution in [2.24, 2.45) is 7.05 Å². The molecule has 21 heavy (non-hydrogen) atoms. The van der Waals surface area contributed by atoms with Gasteiger partial charge in [-0.25, -0.2) is 4.68 Å². The van der Waals surface area contributed by atoms with Gasteiger partial charge in [-0.05, 0) is 26.3 Å². The lowest BCUT2D eigenvalue weighted by atomic mass is 10.2. The molecule has 0 saturated heterocycles. The van der Waals surface area contributed by atoms with Crippen molar-refractivity contribution in [2.75, 3.05) is 5.32 Å². The Morgan fingerprint density at radius 1 is 1.48 bits per heavy atom. The summed E-state index contributed by atoms with van der Waals surface area (Å²) in [5.41, 5.74) is 2.39. The molecule has 2 N–H and O–H groups in total. The van der Waals surface area contributed by atoms with Crippen LogP contribution in [0.2, 0.25) is 0 Å². The Morgan fingerprint density at radius 3 is 2.86 bits per heavy atom. The number of amides is 1. The van der Waals surface area contributed by atoms with Gasteiger partial charge >= 0.3 is 0 Å². The maximum atomic E-state index is 12.4. The first-order chi connectivity index (χ1) is 10.0. The second kappa shape index (κ2) is 5.00. The van der Waals surface area contributed by atoms with Crippen LogP contribution >= 0.6 is 11.3 Å². The molecule has 3 heterocycles. The quantitative estimate of drug-likeness (QED) is 0.781. The molecule has 0 aliphatic rings. The minimum atomic E-state index is -0.117. The standard InChI is InChI=1S/C14H17N5OS/c1-5-10-11-12(16-17-13(11)19(4)18-10)15-14(20)9-6-7(2)21-8(9)3/h6H,5H2,1-4H3,(H2,15,16,17,20). The molecule has 3 aromatic heterocycles. The molecular formula is C14H17N5OS. The maximum Gasteiger partial charge on any atom is 0.257 e. The van der Waals surface area contributed by atoms with Gasteiger partial charge in [0, 0.05) is 16.8 Å². The molecule has 0 fully saturated rings. The summed E-state index contributed by atoms with van der Waals surface area (Å²) in [6.07, 6.45) is 0.788. The fraction of sp³-hybridized carbons (Fsp3) is 0.357. The van der Waals surface area contributed by atoms with Crippen molar-refractivity contribution in [2.45, 2.75) is 27.2 Å². The molecule has 0 radical (unpaired) electrons. The van der Waals surface area contributed by atoms with E-state index in [-0.39, 0.29) is 5.91 Å². The molecule has 3 aromatic rings. The molecule has 0 aliphatic heterocycles. The number of carbonyl (C=O) groups is 1. The van der Waals surface area contributed by atoms with Gasteiger partial charge in [-0.3, -0.25) is 9.89 Å². The Labute approximate surface area is 126 Å². The predicted octanol–water partition coefficient (Wildman–Crippen LogP) is 2.79. The molecule has 3 rings (SSSR count). The first-order valence-corrected chi connectivity index (χ1v) is 7.61. The van der Waals surface area contributed by atoms with Crippen LogP contribution in [0.4, 0.5) is 5.82 Å². The summed E-state index contributed by atoms with van der Waals surface area (Å²) in [4.78, 5) is 14.6. The summed E-state index contributed by atoms with van der Waals surface area (Å²) in [5.74, 6) is 0.497. The Kier molecular flexibility index (Phi) is 3.29. The number of rotatable bonds is 3. The first-order valence-electron chi connectivity index (χ1n) is 6.79. The second-order valence-corrected chi connectivity index (χ2v) is 6.46. The number of hydrogen-bond acceptors (Lipinski definition) is 4. The Morgan fingerprint density at radius 2 is 2.24 bits per heavy atom. The molecule has 0 saturated carbocycles. The summed E-state index contributed by atoms with van der Waals surface area (Å²) < 4.78 is 1.72. The SMILES string of the molecule is CCc1nn(C)c2n[nH]c(NC(=O)c3cc(C)sc3C)c12. The number of thiophene rings is 1. The van der Waals surface area contributed by atoms with E-state index >= 15 is 0 Å². The number of H-pyrrole nitrogens is 1. The average molecular weight is 303 g/mol. The molecule has 7 heteroatoms. The van der Waals surface area contributed by atoms with E-state index in [1.54, 1.807) is 16.0 Å². The summed E-state index contributed by atoms with van der Waals surface area (Å²) in [7, 11) is 1.85. The Balaban J connectivity index is 1.98. The van der Waals surface area contributed by atoms with Gasteiger partial charge in [0.2, 0.25) is 0 Å². The summed E-state index contributed by atoms with van der Waals surface area (Å²) in [5, 5.41) is 15.3. The van der Waals surface area contributed by atoms with E-state index in [2.05, 4.69) is 20.6 Å². The largest absolute Gasteiger partial charge is 0.306 e. The van der Waals surface area contributed by atoms with Gasteiger partial charge in [0.05, 0.1) is 16.6 Å². The number of nitrogens with zero attached hydrogens (tertiary/aromatic N) is 3. The van der Waals surface area contributed by atoms with Crippen LogP contribution < -0.4 is 5.32 Å². The predicted molar refractivity (Wildman–Crippen MR) is 84.0 cm³/mol.